The number of hydrogen-bond acceptors (Lipinski definition) is 1. The molecular weight excluding hydrogens is 254 g/mol. The highest BCUT2D eigenvalue weighted by atomic mass is 15.2. The third-order valence-corrected chi connectivity index (χ3v) is 5.94. The van der Waals surface area contributed by atoms with Gasteiger partial charge in [0.1, 0.15) is 0 Å². The molecule has 116 valence electrons. The molecule has 4 atom stereocenters. The fourth-order valence-corrected chi connectivity index (χ4v) is 4.85. The maximum atomic E-state index is 2.89. The molecule has 0 radical (unpaired) electrons. The van der Waals surface area contributed by atoms with Gasteiger partial charge in [0.25, 0.3) is 0 Å². The number of likely N-dealkylation sites (tertiary alicyclic amines) is 1. The van der Waals surface area contributed by atoms with Gasteiger partial charge in [0.2, 0.25) is 0 Å². The Kier molecular flexibility index (Phi) is 5.00. The Labute approximate surface area is 130 Å². The van der Waals surface area contributed by atoms with Crippen molar-refractivity contribution in [2.75, 3.05) is 0 Å². The highest BCUT2D eigenvalue weighted by molar-refractivity contribution is 5.15. The van der Waals surface area contributed by atoms with Crippen LogP contribution in [0, 0.1) is 11.8 Å². The minimum atomic E-state index is 0.821. The molecule has 0 unspecified atom stereocenters. The van der Waals surface area contributed by atoms with E-state index in [0.29, 0.717) is 0 Å². The van der Waals surface area contributed by atoms with Crippen LogP contribution >= 0.6 is 0 Å². The normalized spacial score (nSPS) is 33.6. The van der Waals surface area contributed by atoms with Gasteiger partial charge < -0.3 is 0 Å². The van der Waals surface area contributed by atoms with Gasteiger partial charge in [-0.2, -0.15) is 0 Å². The highest BCUT2D eigenvalue weighted by Crippen LogP contribution is 2.42. The summed E-state index contributed by atoms with van der Waals surface area (Å²) in [7, 11) is 0. The number of hydrogen-bond donors (Lipinski definition) is 0. The minimum absolute atomic E-state index is 0.821. The third-order valence-electron chi connectivity index (χ3n) is 5.94. The van der Waals surface area contributed by atoms with Crippen LogP contribution in [-0.2, 0) is 6.54 Å². The van der Waals surface area contributed by atoms with Crippen molar-refractivity contribution in [1.82, 2.24) is 4.90 Å². The van der Waals surface area contributed by atoms with Gasteiger partial charge in [0.05, 0.1) is 0 Å². The molecule has 1 aliphatic carbocycles. The number of rotatable bonds is 4. The standard InChI is InChI=1S/C20H31N/c1-3-8-18-13-14-19-16(2)9-7-12-20(19)21(18)15-17-10-5-4-6-11-17/h4-6,10-11,16,18-20H,3,7-9,12-15H2,1-2H3/t16-,18+,19+,20+/m1/s1. The molecule has 1 nitrogen and oxygen atoms in total. The molecule has 2 aliphatic rings. The van der Waals surface area contributed by atoms with Crippen molar-refractivity contribution >= 4 is 0 Å². The number of benzene rings is 1. The number of nitrogens with zero attached hydrogens (tertiary/aromatic N) is 1. The lowest BCUT2D eigenvalue weighted by Crippen LogP contribution is -2.53. The zero-order valence-electron chi connectivity index (χ0n) is 13.8. The molecule has 21 heavy (non-hydrogen) atoms. The van der Waals surface area contributed by atoms with E-state index in [1.54, 1.807) is 0 Å². The van der Waals surface area contributed by atoms with Gasteiger partial charge >= 0.3 is 0 Å². The summed E-state index contributed by atoms with van der Waals surface area (Å²) in [6.45, 7) is 6.01. The van der Waals surface area contributed by atoms with E-state index in [0.717, 1.165) is 23.9 Å². The van der Waals surface area contributed by atoms with Crippen molar-refractivity contribution in [2.24, 2.45) is 11.8 Å². The predicted molar refractivity (Wildman–Crippen MR) is 90.2 cm³/mol. The Bertz CT molecular complexity index is 427. The Morgan fingerprint density at radius 1 is 1.05 bits per heavy atom. The largest absolute Gasteiger partial charge is 0.293 e. The van der Waals surface area contributed by atoms with Crippen LogP contribution < -0.4 is 0 Å². The molecule has 0 aromatic heterocycles. The average Bonchev–Trinajstić information content (AvgIpc) is 2.51. The first-order valence-electron chi connectivity index (χ1n) is 9.09. The maximum Gasteiger partial charge on any atom is 0.0239 e. The second-order valence-corrected chi connectivity index (χ2v) is 7.32. The van der Waals surface area contributed by atoms with Crippen LogP contribution in [0.2, 0.25) is 0 Å². The van der Waals surface area contributed by atoms with Crippen LogP contribution in [0.1, 0.15) is 64.4 Å². The van der Waals surface area contributed by atoms with E-state index in [9.17, 15) is 0 Å². The lowest BCUT2D eigenvalue weighted by atomic mass is 9.70. The van der Waals surface area contributed by atoms with Crippen LogP contribution in [0.15, 0.2) is 30.3 Å². The van der Waals surface area contributed by atoms with E-state index in [1.165, 1.54) is 57.1 Å². The predicted octanol–water partition coefficient (Wildman–Crippen LogP) is 5.26. The molecule has 0 amide bonds. The number of fused-ring (bicyclic) bond motifs is 1. The molecule has 2 fully saturated rings. The summed E-state index contributed by atoms with van der Waals surface area (Å²) >= 11 is 0. The van der Waals surface area contributed by atoms with E-state index < -0.39 is 0 Å². The Balaban J connectivity index is 1.79. The van der Waals surface area contributed by atoms with Crippen LogP contribution in [0.4, 0.5) is 0 Å². The Hall–Kier alpha value is -0.820. The van der Waals surface area contributed by atoms with Crippen molar-refractivity contribution in [3.63, 3.8) is 0 Å². The zero-order chi connectivity index (χ0) is 14.7. The van der Waals surface area contributed by atoms with Crippen molar-refractivity contribution in [3.05, 3.63) is 35.9 Å². The molecule has 1 heterocycles. The van der Waals surface area contributed by atoms with Crippen molar-refractivity contribution < 1.29 is 0 Å². The van der Waals surface area contributed by atoms with Crippen LogP contribution in [0.25, 0.3) is 0 Å². The summed E-state index contributed by atoms with van der Waals surface area (Å²) in [5.41, 5.74) is 1.50. The lowest BCUT2D eigenvalue weighted by Gasteiger charge is -2.51. The van der Waals surface area contributed by atoms with E-state index in [4.69, 9.17) is 0 Å². The zero-order valence-corrected chi connectivity index (χ0v) is 13.8. The van der Waals surface area contributed by atoms with Crippen LogP contribution in [-0.4, -0.2) is 17.0 Å². The molecule has 0 N–H and O–H groups in total. The Morgan fingerprint density at radius 2 is 1.86 bits per heavy atom. The molecule has 0 bridgehead atoms. The van der Waals surface area contributed by atoms with Gasteiger partial charge in [-0.15, -0.1) is 0 Å². The van der Waals surface area contributed by atoms with E-state index in [1.807, 2.05) is 0 Å². The van der Waals surface area contributed by atoms with Gasteiger partial charge in [0, 0.05) is 18.6 Å². The smallest absolute Gasteiger partial charge is 0.0239 e. The molecule has 1 aromatic carbocycles. The van der Waals surface area contributed by atoms with Gasteiger partial charge in [-0.05, 0) is 43.1 Å². The summed E-state index contributed by atoms with van der Waals surface area (Å²) in [5.74, 6) is 1.89. The van der Waals surface area contributed by atoms with Gasteiger partial charge in [-0.3, -0.25) is 4.90 Å². The third kappa shape index (κ3) is 3.34. The van der Waals surface area contributed by atoms with Gasteiger partial charge in [-0.1, -0.05) is 63.4 Å². The summed E-state index contributed by atoms with van der Waals surface area (Å²) < 4.78 is 0. The fraction of sp³-hybridized carbons (Fsp3) is 0.700. The summed E-state index contributed by atoms with van der Waals surface area (Å²) in [6.07, 6.45) is 9.93. The second kappa shape index (κ2) is 6.96. The van der Waals surface area contributed by atoms with Crippen LogP contribution in [0.3, 0.4) is 0 Å². The molecule has 0 spiro atoms. The molecule has 1 aromatic rings. The molecular formula is C20H31N. The second-order valence-electron chi connectivity index (χ2n) is 7.32. The van der Waals surface area contributed by atoms with E-state index in [2.05, 4.69) is 49.1 Å². The molecule has 1 saturated carbocycles. The topological polar surface area (TPSA) is 3.24 Å². The number of piperidine rings is 1. The highest BCUT2D eigenvalue weighted by Gasteiger charge is 2.40. The Morgan fingerprint density at radius 3 is 2.62 bits per heavy atom. The van der Waals surface area contributed by atoms with E-state index in [-0.39, 0.29) is 0 Å². The maximum absolute atomic E-state index is 2.89. The quantitative estimate of drug-likeness (QED) is 0.729. The fourth-order valence-electron chi connectivity index (χ4n) is 4.85. The monoisotopic (exact) mass is 285 g/mol. The first-order chi connectivity index (χ1) is 10.3. The molecule has 1 aliphatic heterocycles. The van der Waals surface area contributed by atoms with Crippen molar-refractivity contribution in [3.8, 4) is 0 Å². The molecule has 3 rings (SSSR count). The minimum Gasteiger partial charge on any atom is -0.293 e. The first kappa shape index (κ1) is 15.1. The van der Waals surface area contributed by atoms with Crippen molar-refractivity contribution in [2.45, 2.75) is 77.4 Å². The van der Waals surface area contributed by atoms with Gasteiger partial charge in [0.15, 0.2) is 0 Å². The van der Waals surface area contributed by atoms with E-state index >= 15 is 0 Å². The molecule has 1 heteroatoms. The van der Waals surface area contributed by atoms with Crippen LogP contribution in [0.5, 0.6) is 0 Å². The average molecular weight is 285 g/mol. The summed E-state index contributed by atoms with van der Waals surface area (Å²) in [4.78, 5) is 2.89. The summed E-state index contributed by atoms with van der Waals surface area (Å²) in [5, 5.41) is 0. The first-order valence-corrected chi connectivity index (χ1v) is 9.09. The van der Waals surface area contributed by atoms with Crippen molar-refractivity contribution in [1.29, 1.82) is 0 Å². The summed E-state index contributed by atoms with van der Waals surface area (Å²) in [6, 6.07) is 12.8. The molecule has 1 saturated heterocycles. The van der Waals surface area contributed by atoms with Gasteiger partial charge in [-0.25, -0.2) is 0 Å². The SMILES string of the molecule is CCC[C@H]1CC[C@H]2[C@H](C)CCC[C@@H]2N1Cc1ccccc1. The lowest BCUT2D eigenvalue weighted by molar-refractivity contribution is -0.0167.